The summed E-state index contributed by atoms with van der Waals surface area (Å²) in [6, 6.07) is 0. The van der Waals surface area contributed by atoms with Gasteiger partial charge in [-0.05, 0) is 20.3 Å². The molecule has 4 nitrogen and oxygen atoms in total. The molecule has 0 radical (unpaired) electrons. The Bertz CT molecular complexity index is 209. The van der Waals surface area contributed by atoms with Gasteiger partial charge >= 0.3 is 0 Å². The number of aliphatic hydroxyl groups is 2. The normalized spacial score (nSPS) is 40.9. The maximum Gasteiger partial charge on any atom is 0.202 e. The van der Waals surface area contributed by atoms with Gasteiger partial charge in [0.15, 0.2) is 5.72 Å². The van der Waals surface area contributed by atoms with E-state index in [1.165, 1.54) is 13.8 Å². The number of rotatable bonds is 2. The summed E-state index contributed by atoms with van der Waals surface area (Å²) in [4.78, 5) is 3.97. The number of hydrogen-bond acceptors (Lipinski definition) is 4. The zero-order chi connectivity index (χ0) is 9.41. The fourth-order valence-corrected chi connectivity index (χ4v) is 1.15. The maximum atomic E-state index is 9.64. The van der Waals surface area contributed by atoms with E-state index in [2.05, 4.69) is 10.3 Å². The van der Waals surface area contributed by atoms with Crippen molar-refractivity contribution in [2.45, 2.75) is 45.1 Å². The molecule has 12 heavy (non-hydrogen) atoms. The van der Waals surface area contributed by atoms with Crippen LogP contribution < -0.4 is 5.32 Å². The Kier molecular flexibility index (Phi) is 2.14. The molecule has 1 rings (SSSR count). The standard InChI is InChI=1S/C8H16N2O2/c1-4-5-6-9-7(2,11)8(3,12)10-6/h11-12H,4-5H2,1-3H3,(H,9,10). The van der Waals surface area contributed by atoms with Crippen LogP contribution in [-0.2, 0) is 0 Å². The lowest BCUT2D eigenvalue weighted by Gasteiger charge is -2.29. The minimum Gasteiger partial charge on any atom is -0.367 e. The molecular weight excluding hydrogens is 156 g/mol. The quantitative estimate of drug-likeness (QED) is 0.557. The van der Waals surface area contributed by atoms with E-state index < -0.39 is 11.4 Å². The fourth-order valence-electron chi connectivity index (χ4n) is 1.15. The second kappa shape index (κ2) is 2.71. The van der Waals surface area contributed by atoms with Gasteiger partial charge in [-0.15, -0.1) is 0 Å². The minimum absolute atomic E-state index is 0.674. The van der Waals surface area contributed by atoms with Gasteiger partial charge in [0.25, 0.3) is 0 Å². The number of nitrogens with one attached hydrogen (secondary N) is 1. The molecular formula is C8H16N2O2. The average molecular weight is 172 g/mol. The largest absolute Gasteiger partial charge is 0.367 e. The summed E-state index contributed by atoms with van der Waals surface area (Å²) in [5.41, 5.74) is -2.74. The van der Waals surface area contributed by atoms with E-state index in [1.54, 1.807) is 0 Å². The van der Waals surface area contributed by atoms with E-state index in [-0.39, 0.29) is 0 Å². The number of amidine groups is 1. The molecule has 0 aromatic carbocycles. The van der Waals surface area contributed by atoms with Crippen molar-refractivity contribution in [3.8, 4) is 0 Å². The van der Waals surface area contributed by atoms with Crippen LogP contribution in [0.3, 0.4) is 0 Å². The van der Waals surface area contributed by atoms with Gasteiger partial charge in [0.05, 0.1) is 0 Å². The monoisotopic (exact) mass is 172 g/mol. The van der Waals surface area contributed by atoms with Crippen molar-refractivity contribution in [1.29, 1.82) is 0 Å². The van der Waals surface area contributed by atoms with E-state index in [4.69, 9.17) is 0 Å². The SMILES string of the molecule is CCCC1=NC(C)(O)C(C)(O)N1. The predicted octanol–water partition coefficient (Wildman–Crippen LogP) is 0.205. The Labute approximate surface area is 72.3 Å². The Morgan fingerprint density at radius 2 is 2.00 bits per heavy atom. The number of hydrogen-bond donors (Lipinski definition) is 3. The van der Waals surface area contributed by atoms with Crippen molar-refractivity contribution in [3.05, 3.63) is 0 Å². The summed E-state index contributed by atoms with van der Waals surface area (Å²) in [5.74, 6) is 0.674. The van der Waals surface area contributed by atoms with Gasteiger partial charge in [0, 0.05) is 6.42 Å². The molecule has 0 bridgehead atoms. The molecule has 1 aliphatic heterocycles. The summed E-state index contributed by atoms with van der Waals surface area (Å²) in [7, 11) is 0. The molecule has 4 heteroatoms. The molecule has 0 spiro atoms. The molecule has 0 aliphatic carbocycles. The van der Waals surface area contributed by atoms with Crippen molar-refractivity contribution in [3.63, 3.8) is 0 Å². The van der Waals surface area contributed by atoms with Gasteiger partial charge in [-0.3, -0.25) is 0 Å². The molecule has 3 N–H and O–H groups in total. The van der Waals surface area contributed by atoms with Gasteiger partial charge in [-0.1, -0.05) is 6.92 Å². The average Bonchev–Trinajstić information content (AvgIpc) is 2.02. The van der Waals surface area contributed by atoms with Crippen LogP contribution in [0, 0.1) is 0 Å². The van der Waals surface area contributed by atoms with Crippen molar-refractivity contribution < 1.29 is 10.2 Å². The summed E-state index contributed by atoms with van der Waals surface area (Å²) in [6.45, 7) is 5.02. The lowest BCUT2D eigenvalue weighted by Crippen LogP contribution is -2.54. The third kappa shape index (κ3) is 1.44. The van der Waals surface area contributed by atoms with E-state index in [0.29, 0.717) is 5.84 Å². The summed E-state index contributed by atoms with van der Waals surface area (Å²) < 4.78 is 0. The highest BCUT2D eigenvalue weighted by Gasteiger charge is 2.47. The zero-order valence-electron chi connectivity index (χ0n) is 7.76. The van der Waals surface area contributed by atoms with Crippen molar-refractivity contribution in [2.75, 3.05) is 0 Å². The first-order chi connectivity index (χ1) is 5.39. The highest BCUT2D eigenvalue weighted by atomic mass is 16.4. The number of aliphatic imine (C=N–C) groups is 1. The van der Waals surface area contributed by atoms with Crippen molar-refractivity contribution >= 4 is 5.84 Å². The first-order valence-electron chi connectivity index (χ1n) is 4.21. The minimum atomic E-state index is -1.41. The van der Waals surface area contributed by atoms with E-state index in [0.717, 1.165) is 12.8 Å². The molecule has 1 heterocycles. The Balaban J connectivity index is 2.76. The Morgan fingerprint density at radius 3 is 2.33 bits per heavy atom. The topological polar surface area (TPSA) is 64.9 Å². The molecule has 70 valence electrons. The fraction of sp³-hybridized carbons (Fsp3) is 0.875. The zero-order valence-corrected chi connectivity index (χ0v) is 7.76. The lowest BCUT2D eigenvalue weighted by atomic mass is 10.1. The smallest absolute Gasteiger partial charge is 0.202 e. The van der Waals surface area contributed by atoms with Crippen molar-refractivity contribution in [1.82, 2.24) is 5.32 Å². The lowest BCUT2D eigenvalue weighted by molar-refractivity contribution is -0.122. The maximum absolute atomic E-state index is 9.64. The van der Waals surface area contributed by atoms with Crippen LogP contribution in [0.2, 0.25) is 0 Å². The van der Waals surface area contributed by atoms with Crippen LogP contribution in [0.1, 0.15) is 33.6 Å². The predicted molar refractivity (Wildman–Crippen MR) is 46.7 cm³/mol. The van der Waals surface area contributed by atoms with Gasteiger partial charge < -0.3 is 15.5 Å². The summed E-state index contributed by atoms with van der Waals surface area (Å²) in [5, 5.41) is 22.0. The van der Waals surface area contributed by atoms with Crippen LogP contribution in [-0.4, -0.2) is 27.5 Å². The summed E-state index contributed by atoms with van der Waals surface area (Å²) in [6.07, 6.45) is 1.70. The molecule has 0 aromatic heterocycles. The number of nitrogens with zero attached hydrogens (tertiary/aromatic N) is 1. The van der Waals surface area contributed by atoms with Crippen LogP contribution in [0.5, 0.6) is 0 Å². The van der Waals surface area contributed by atoms with Gasteiger partial charge in [0.2, 0.25) is 5.72 Å². The Morgan fingerprint density at radius 1 is 1.42 bits per heavy atom. The molecule has 2 unspecified atom stereocenters. The first-order valence-corrected chi connectivity index (χ1v) is 4.21. The molecule has 0 saturated heterocycles. The third-order valence-electron chi connectivity index (χ3n) is 2.15. The Hall–Kier alpha value is -0.610. The first kappa shape index (κ1) is 9.48. The van der Waals surface area contributed by atoms with Crippen LogP contribution in [0.15, 0.2) is 4.99 Å². The van der Waals surface area contributed by atoms with E-state index >= 15 is 0 Å². The highest BCUT2D eigenvalue weighted by Crippen LogP contribution is 2.26. The van der Waals surface area contributed by atoms with Crippen LogP contribution >= 0.6 is 0 Å². The second-order valence-electron chi connectivity index (χ2n) is 3.53. The van der Waals surface area contributed by atoms with Crippen LogP contribution in [0.4, 0.5) is 0 Å². The van der Waals surface area contributed by atoms with Gasteiger partial charge in [0.1, 0.15) is 5.84 Å². The molecule has 0 amide bonds. The van der Waals surface area contributed by atoms with E-state index in [9.17, 15) is 10.2 Å². The van der Waals surface area contributed by atoms with Gasteiger partial charge in [-0.25, -0.2) is 4.99 Å². The molecule has 2 atom stereocenters. The second-order valence-corrected chi connectivity index (χ2v) is 3.53. The molecule has 0 fully saturated rings. The van der Waals surface area contributed by atoms with Gasteiger partial charge in [-0.2, -0.15) is 0 Å². The molecule has 0 saturated carbocycles. The molecule has 1 aliphatic rings. The van der Waals surface area contributed by atoms with E-state index in [1.807, 2.05) is 6.92 Å². The third-order valence-corrected chi connectivity index (χ3v) is 2.15. The van der Waals surface area contributed by atoms with Crippen LogP contribution in [0.25, 0.3) is 0 Å². The molecule has 0 aromatic rings. The summed E-state index contributed by atoms with van der Waals surface area (Å²) >= 11 is 0. The highest BCUT2D eigenvalue weighted by molar-refractivity contribution is 5.85. The van der Waals surface area contributed by atoms with Crippen molar-refractivity contribution in [2.24, 2.45) is 4.99 Å².